The number of carbonyl (C=O) groups excluding carboxylic acids is 2. The number of aryl methyl sites for hydroxylation is 1. The summed E-state index contributed by atoms with van der Waals surface area (Å²) in [5, 5.41) is 2.82. The molecule has 1 N–H and O–H groups in total. The average molecular weight is 476 g/mol. The number of rotatable bonds is 11. The molecule has 33 heavy (non-hydrogen) atoms. The number of hydrogen-bond acceptors (Lipinski definition) is 5. The number of amides is 2. The van der Waals surface area contributed by atoms with Gasteiger partial charge in [-0.15, -0.1) is 0 Å². The molecular weight excluding hydrogens is 442 g/mol. The fourth-order valence-electron chi connectivity index (χ4n) is 3.31. The lowest BCUT2D eigenvalue weighted by atomic mass is 10.1. The van der Waals surface area contributed by atoms with Gasteiger partial charge in [-0.1, -0.05) is 31.2 Å². The van der Waals surface area contributed by atoms with Crippen LogP contribution in [0, 0.1) is 6.92 Å². The van der Waals surface area contributed by atoms with Crippen molar-refractivity contribution in [3.8, 4) is 5.75 Å². The molecule has 0 spiro atoms. The Hall–Kier alpha value is -3.07. The van der Waals surface area contributed by atoms with Crippen molar-refractivity contribution in [3.63, 3.8) is 0 Å². The zero-order valence-corrected chi connectivity index (χ0v) is 20.7. The molecule has 0 saturated carbocycles. The van der Waals surface area contributed by atoms with Gasteiger partial charge in [-0.3, -0.25) is 13.9 Å². The Balaban J connectivity index is 2.37. The third kappa shape index (κ3) is 7.21. The maximum Gasteiger partial charge on any atom is 0.244 e. The molecule has 0 bridgehead atoms. The zero-order chi connectivity index (χ0) is 24.6. The lowest BCUT2D eigenvalue weighted by Gasteiger charge is -2.31. The van der Waals surface area contributed by atoms with Crippen molar-refractivity contribution in [1.29, 1.82) is 0 Å². The fourth-order valence-corrected chi connectivity index (χ4v) is 4.16. The molecule has 9 heteroatoms. The van der Waals surface area contributed by atoms with Gasteiger partial charge in [0.05, 0.1) is 19.1 Å². The van der Waals surface area contributed by atoms with Gasteiger partial charge in [-0.25, -0.2) is 8.42 Å². The van der Waals surface area contributed by atoms with Gasteiger partial charge < -0.3 is 15.0 Å². The Morgan fingerprint density at radius 3 is 2.27 bits per heavy atom. The van der Waals surface area contributed by atoms with Crippen LogP contribution in [0.5, 0.6) is 5.75 Å². The Bertz CT molecular complexity index is 1050. The van der Waals surface area contributed by atoms with Gasteiger partial charge in [0, 0.05) is 13.1 Å². The van der Waals surface area contributed by atoms with Crippen LogP contribution in [-0.2, 0) is 26.2 Å². The first-order chi connectivity index (χ1) is 15.6. The molecule has 0 heterocycles. The molecule has 0 saturated heterocycles. The molecule has 0 radical (unpaired) electrons. The number of methoxy groups -OCH3 is 1. The van der Waals surface area contributed by atoms with Gasteiger partial charge in [0.15, 0.2) is 0 Å². The zero-order valence-electron chi connectivity index (χ0n) is 19.9. The molecule has 1 atom stereocenters. The van der Waals surface area contributed by atoms with E-state index < -0.39 is 28.5 Å². The Morgan fingerprint density at radius 1 is 1.09 bits per heavy atom. The minimum Gasteiger partial charge on any atom is -0.497 e. The lowest BCUT2D eigenvalue weighted by molar-refractivity contribution is -0.139. The summed E-state index contributed by atoms with van der Waals surface area (Å²) in [6, 6.07) is 13.2. The summed E-state index contributed by atoms with van der Waals surface area (Å²) >= 11 is 0. The van der Waals surface area contributed by atoms with E-state index in [1.165, 1.54) is 12.0 Å². The number of carbonyl (C=O) groups is 2. The van der Waals surface area contributed by atoms with Crippen molar-refractivity contribution in [1.82, 2.24) is 10.2 Å². The number of nitrogens with zero attached hydrogens (tertiary/aromatic N) is 2. The van der Waals surface area contributed by atoms with Crippen LogP contribution in [0.25, 0.3) is 0 Å². The first kappa shape index (κ1) is 26.2. The summed E-state index contributed by atoms with van der Waals surface area (Å²) in [6.45, 7) is 5.78. The standard InChI is InChI=1S/C24H33N3O5S/c1-6-15-25-24(29)19(3)26(16-20-10-8-7-9-18(20)2)23(28)17-27(33(5,30)31)21-11-13-22(32-4)14-12-21/h7-14,19H,6,15-17H2,1-5H3,(H,25,29)/t19-/m1/s1. The molecule has 0 aliphatic rings. The van der Waals surface area contributed by atoms with Crippen LogP contribution in [0.2, 0.25) is 0 Å². The number of nitrogens with one attached hydrogen (secondary N) is 1. The van der Waals surface area contributed by atoms with Gasteiger partial charge in [0.1, 0.15) is 18.3 Å². The molecule has 2 aromatic rings. The number of hydrogen-bond donors (Lipinski definition) is 1. The van der Waals surface area contributed by atoms with Crippen molar-refractivity contribution >= 4 is 27.5 Å². The van der Waals surface area contributed by atoms with Crippen molar-refractivity contribution < 1.29 is 22.7 Å². The molecule has 8 nitrogen and oxygen atoms in total. The highest BCUT2D eigenvalue weighted by Gasteiger charge is 2.30. The molecule has 2 amide bonds. The Labute approximate surface area is 196 Å². The number of ether oxygens (including phenoxy) is 1. The molecule has 0 fully saturated rings. The normalized spacial score (nSPS) is 12.0. The van der Waals surface area contributed by atoms with E-state index in [1.807, 2.05) is 38.1 Å². The predicted molar refractivity (Wildman–Crippen MR) is 130 cm³/mol. The van der Waals surface area contributed by atoms with E-state index in [0.717, 1.165) is 28.1 Å². The lowest BCUT2D eigenvalue weighted by Crippen LogP contribution is -2.51. The Kier molecular flexibility index (Phi) is 9.28. The molecule has 0 aliphatic heterocycles. The first-order valence-corrected chi connectivity index (χ1v) is 12.7. The van der Waals surface area contributed by atoms with Gasteiger partial charge >= 0.3 is 0 Å². The van der Waals surface area contributed by atoms with Crippen LogP contribution >= 0.6 is 0 Å². The predicted octanol–water partition coefficient (Wildman–Crippen LogP) is 2.71. The fraction of sp³-hybridized carbons (Fsp3) is 0.417. The number of sulfonamides is 1. The van der Waals surface area contributed by atoms with Crippen LogP contribution < -0.4 is 14.4 Å². The summed E-state index contributed by atoms with van der Waals surface area (Å²) < 4.78 is 31.3. The van der Waals surface area contributed by atoms with Crippen LogP contribution in [-0.4, -0.2) is 57.6 Å². The molecule has 0 unspecified atom stereocenters. The van der Waals surface area contributed by atoms with E-state index in [1.54, 1.807) is 31.2 Å². The maximum absolute atomic E-state index is 13.4. The largest absolute Gasteiger partial charge is 0.497 e. The first-order valence-electron chi connectivity index (χ1n) is 10.8. The highest BCUT2D eigenvalue weighted by atomic mass is 32.2. The minimum atomic E-state index is -3.76. The molecular formula is C24H33N3O5S. The van der Waals surface area contributed by atoms with Gasteiger partial charge in [0.2, 0.25) is 21.8 Å². The third-order valence-electron chi connectivity index (χ3n) is 5.36. The molecule has 2 rings (SSSR count). The van der Waals surface area contributed by atoms with Crippen molar-refractivity contribution in [3.05, 3.63) is 59.7 Å². The van der Waals surface area contributed by atoms with Crippen molar-refractivity contribution in [2.75, 3.05) is 30.8 Å². The summed E-state index contributed by atoms with van der Waals surface area (Å²) in [5.74, 6) is -0.186. The number of anilines is 1. The second-order valence-corrected chi connectivity index (χ2v) is 9.79. The second kappa shape index (κ2) is 11.7. The summed E-state index contributed by atoms with van der Waals surface area (Å²) in [6.07, 6.45) is 1.82. The van der Waals surface area contributed by atoms with Crippen LogP contribution in [0.4, 0.5) is 5.69 Å². The van der Waals surface area contributed by atoms with Gasteiger partial charge in [-0.05, 0) is 55.7 Å². The maximum atomic E-state index is 13.4. The van der Waals surface area contributed by atoms with E-state index in [4.69, 9.17) is 4.74 Å². The average Bonchev–Trinajstić information content (AvgIpc) is 2.79. The highest BCUT2D eigenvalue weighted by molar-refractivity contribution is 7.92. The minimum absolute atomic E-state index is 0.187. The van der Waals surface area contributed by atoms with Crippen molar-refractivity contribution in [2.45, 2.75) is 39.8 Å². The van der Waals surface area contributed by atoms with E-state index in [-0.39, 0.29) is 12.5 Å². The van der Waals surface area contributed by atoms with Gasteiger partial charge in [0.25, 0.3) is 0 Å². The number of benzene rings is 2. The topological polar surface area (TPSA) is 96.0 Å². The summed E-state index contributed by atoms with van der Waals surface area (Å²) in [5.41, 5.74) is 2.20. The quantitative estimate of drug-likeness (QED) is 0.539. The smallest absolute Gasteiger partial charge is 0.244 e. The Morgan fingerprint density at radius 2 is 1.73 bits per heavy atom. The molecule has 0 aliphatic carbocycles. The van der Waals surface area contributed by atoms with Crippen LogP contribution in [0.15, 0.2) is 48.5 Å². The highest BCUT2D eigenvalue weighted by Crippen LogP contribution is 2.22. The second-order valence-electron chi connectivity index (χ2n) is 7.88. The van der Waals surface area contributed by atoms with E-state index >= 15 is 0 Å². The van der Waals surface area contributed by atoms with Crippen LogP contribution in [0.1, 0.15) is 31.4 Å². The van der Waals surface area contributed by atoms with Crippen molar-refractivity contribution in [2.24, 2.45) is 0 Å². The van der Waals surface area contributed by atoms with Crippen LogP contribution in [0.3, 0.4) is 0 Å². The monoisotopic (exact) mass is 475 g/mol. The SMILES string of the molecule is CCCNC(=O)[C@@H](C)N(Cc1ccccc1C)C(=O)CN(c1ccc(OC)cc1)S(C)(=O)=O. The van der Waals surface area contributed by atoms with E-state index in [0.29, 0.717) is 18.0 Å². The van der Waals surface area contributed by atoms with E-state index in [2.05, 4.69) is 5.32 Å². The van der Waals surface area contributed by atoms with E-state index in [9.17, 15) is 18.0 Å². The molecule has 180 valence electrons. The third-order valence-corrected chi connectivity index (χ3v) is 6.50. The molecule has 0 aromatic heterocycles. The molecule has 2 aromatic carbocycles. The van der Waals surface area contributed by atoms with Gasteiger partial charge in [-0.2, -0.15) is 0 Å². The summed E-state index contributed by atoms with van der Waals surface area (Å²) in [7, 11) is -2.25. The summed E-state index contributed by atoms with van der Waals surface area (Å²) in [4.78, 5) is 27.6.